The molecule has 0 aromatic carbocycles. The Kier molecular flexibility index (Phi) is 2.66. The molecule has 1 saturated heterocycles. The van der Waals surface area contributed by atoms with Crippen LogP contribution >= 0.6 is 0 Å². The number of aromatic nitrogens is 1. The smallest absolute Gasteiger partial charge is 0.254 e. The molecular weight excluding hydrogens is 212 g/mol. The second kappa shape index (κ2) is 3.97. The van der Waals surface area contributed by atoms with Gasteiger partial charge >= 0.3 is 0 Å². The van der Waals surface area contributed by atoms with Crippen molar-refractivity contribution in [3.05, 3.63) is 28.0 Å². The lowest BCUT2D eigenvalue weighted by molar-refractivity contribution is 0.0764. The van der Waals surface area contributed by atoms with E-state index in [2.05, 4.69) is 4.98 Å². The molecular formula is C10H12N2O4. The van der Waals surface area contributed by atoms with Gasteiger partial charge in [-0.05, 0) is 6.42 Å². The summed E-state index contributed by atoms with van der Waals surface area (Å²) in [7, 11) is 0. The van der Waals surface area contributed by atoms with Gasteiger partial charge in [0.15, 0.2) is 5.88 Å². The van der Waals surface area contributed by atoms with E-state index in [1.54, 1.807) is 0 Å². The maximum Gasteiger partial charge on any atom is 0.254 e. The number of likely N-dealkylation sites (tertiary alicyclic amines) is 1. The van der Waals surface area contributed by atoms with Crippen LogP contribution in [0.1, 0.15) is 16.8 Å². The molecule has 86 valence electrons. The molecule has 0 spiro atoms. The van der Waals surface area contributed by atoms with Crippen LogP contribution in [-0.2, 0) is 0 Å². The highest BCUT2D eigenvalue weighted by Gasteiger charge is 2.25. The normalized spacial score (nSPS) is 20.1. The van der Waals surface area contributed by atoms with Gasteiger partial charge in [-0.15, -0.1) is 0 Å². The van der Waals surface area contributed by atoms with Crippen LogP contribution in [0.15, 0.2) is 16.9 Å². The summed E-state index contributed by atoms with van der Waals surface area (Å²) < 4.78 is 0. The van der Waals surface area contributed by atoms with Gasteiger partial charge in [0, 0.05) is 25.2 Å². The quantitative estimate of drug-likeness (QED) is 0.587. The van der Waals surface area contributed by atoms with Crippen LogP contribution in [0.3, 0.4) is 0 Å². The molecule has 3 N–H and O–H groups in total. The molecule has 1 aliphatic rings. The average Bonchev–Trinajstić information content (AvgIpc) is 2.62. The van der Waals surface area contributed by atoms with Crippen molar-refractivity contribution in [2.75, 3.05) is 13.1 Å². The molecule has 0 aliphatic carbocycles. The molecule has 2 heterocycles. The summed E-state index contributed by atoms with van der Waals surface area (Å²) in [6, 6.07) is 2.33. The van der Waals surface area contributed by atoms with Crippen molar-refractivity contribution in [2.24, 2.45) is 0 Å². The highest BCUT2D eigenvalue weighted by molar-refractivity contribution is 5.94. The van der Waals surface area contributed by atoms with E-state index in [4.69, 9.17) is 5.11 Å². The fourth-order valence-electron chi connectivity index (χ4n) is 1.76. The molecule has 0 saturated carbocycles. The van der Waals surface area contributed by atoms with E-state index >= 15 is 0 Å². The number of amides is 1. The van der Waals surface area contributed by atoms with Gasteiger partial charge in [-0.2, -0.15) is 0 Å². The van der Waals surface area contributed by atoms with Crippen LogP contribution in [-0.4, -0.2) is 45.2 Å². The van der Waals surface area contributed by atoms with Gasteiger partial charge in [-0.25, -0.2) is 0 Å². The number of carbonyl (C=O) groups is 1. The summed E-state index contributed by atoms with van der Waals surface area (Å²) in [6.07, 6.45) is 0.0421. The van der Waals surface area contributed by atoms with E-state index < -0.39 is 11.7 Å². The summed E-state index contributed by atoms with van der Waals surface area (Å²) in [5.41, 5.74) is -0.390. The third kappa shape index (κ3) is 2.06. The Bertz CT molecular complexity index is 468. The maximum absolute atomic E-state index is 11.8. The Balaban J connectivity index is 2.24. The third-order valence-electron chi connectivity index (χ3n) is 2.53. The van der Waals surface area contributed by atoms with Crippen molar-refractivity contribution in [1.82, 2.24) is 9.88 Å². The van der Waals surface area contributed by atoms with Gasteiger partial charge in [-0.1, -0.05) is 0 Å². The zero-order valence-electron chi connectivity index (χ0n) is 8.51. The molecule has 6 heteroatoms. The SMILES string of the molecule is O=C(c1cc(O)[nH]c(=O)c1)N1CC[C@@H](O)C1. The zero-order chi connectivity index (χ0) is 11.7. The number of hydrogen-bond acceptors (Lipinski definition) is 4. The monoisotopic (exact) mass is 224 g/mol. The van der Waals surface area contributed by atoms with Crippen LogP contribution in [0, 0.1) is 0 Å². The molecule has 0 bridgehead atoms. The van der Waals surface area contributed by atoms with E-state index in [9.17, 15) is 14.7 Å². The van der Waals surface area contributed by atoms with Gasteiger partial charge in [0.05, 0.1) is 11.7 Å². The fraction of sp³-hybridized carbons (Fsp3) is 0.400. The number of H-pyrrole nitrogens is 1. The topological polar surface area (TPSA) is 93.6 Å². The lowest BCUT2D eigenvalue weighted by Gasteiger charge is -2.15. The minimum atomic E-state index is -0.525. The molecule has 16 heavy (non-hydrogen) atoms. The minimum absolute atomic E-state index is 0.135. The number of nitrogens with one attached hydrogen (secondary N) is 1. The molecule has 2 rings (SSSR count). The number of β-amino-alcohol motifs (C(OH)–C–C–N with tert-alkyl or cyclic N) is 1. The van der Waals surface area contributed by atoms with Gasteiger partial charge in [0.2, 0.25) is 0 Å². The molecule has 0 radical (unpaired) electrons. The summed E-state index contributed by atoms with van der Waals surface area (Å²) in [6.45, 7) is 0.736. The highest BCUT2D eigenvalue weighted by Crippen LogP contribution is 2.14. The zero-order valence-corrected chi connectivity index (χ0v) is 8.51. The second-order valence-corrected chi connectivity index (χ2v) is 3.81. The minimum Gasteiger partial charge on any atom is -0.494 e. The van der Waals surface area contributed by atoms with Gasteiger partial charge in [0.25, 0.3) is 11.5 Å². The lowest BCUT2D eigenvalue weighted by atomic mass is 10.2. The second-order valence-electron chi connectivity index (χ2n) is 3.81. The molecule has 1 fully saturated rings. The van der Waals surface area contributed by atoms with E-state index in [1.165, 1.54) is 11.0 Å². The van der Waals surface area contributed by atoms with Crippen molar-refractivity contribution in [3.8, 4) is 5.88 Å². The highest BCUT2D eigenvalue weighted by atomic mass is 16.3. The van der Waals surface area contributed by atoms with E-state index in [-0.39, 0.29) is 23.9 Å². The maximum atomic E-state index is 11.8. The van der Waals surface area contributed by atoms with Gasteiger partial charge < -0.3 is 15.1 Å². The van der Waals surface area contributed by atoms with E-state index in [0.717, 1.165) is 6.07 Å². The number of rotatable bonds is 1. The van der Waals surface area contributed by atoms with Crippen LogP contribution in [0.25, 0.3) is 0 Å². The van der Waals surface area contributed by atoms with Gasteiger partial charge in [-0.3, -0.25) is 14.6 Å². The number of aromatic amines is 1. The first-order valence-corrected chi connectivity index (χ1v) is 4.97. The first-order chi connectivity index (χ1) is 7.56. The standard InChI is InChI=1S/C10H12N2O4/c13-7-1-2-12(5-7)10(16)6-3-8(14)11-9(15)4-6/h3-4,7,13H,1-2,5H2,(H2,11,14,15)/t7-/m1/s1. The predicted molar refractivity (Wildman–Crippen MR) is 55.3 cm³/mol. The summed E-state index contributed by atoms with van der Waals surface area (Å²) in [5, 5.41) is 18.5. The molecule has 1 aromatic heterocycles. The number of pyridine rings is 1. The molecule has 6 nitrogen and oxygen atoms in total. The molecule has 1 amide bonds. The average molecular weight is 224 g/mol. The summed E-state index contributed by atoms with van der Waals surface area (Å²) in [5.74, 6) is -0.687. The van der Waals surface area contributed by atoms with E-state index in [1.807, 2.05) is 0 Å². The van der Waals surface area contributed by atoms with Crippen molar-refractivity contribution >= 4 is 5.91 Å². The molecule has 1 aromatic rings. The summed E-state index contributed by atoms with van der Waals surface area (Å²) >= 11 is 0. The number of hydrogen-bond donors (Lipinski definition) is 3. The largest absolute Gasteiger partial charge is 0.494 e. The van der Waals surface area contributed by atoms with Crippen molar-refractivity contribution in [3.63, 3.8) is 0 Å². The first kappa shape index (κ1) is 10.7. The Morgan fingerprint density at radius 2 is 2.25 bits per heavy atom. The first-order valence-electron chi connectivity index (χ1n) is 4.97. The van der Waals surface area contributed by atoms with Crippen molar-refractivity contribution < 1.29 is 15.0 Å². The fourth-order valence-corrected chi connectivity index (χ4v) is 1.76. The van der Waals surface area contributed by atoms with Gasteiger partial charge in [0.1, 0.15) is 0 Å². The number of carbonyl (C=O) groups excluding carboxylic acids is 1. The van der Waals surface area contributed by atoms with Crippen molar-refractivity contribution in [1.29, 1.82) is 0 Å². The van der Waals surface area contributed by atoms with Crippen LogP contribution in [0.5, 0.6) is 5.88 Å². The van der Waals surface area contributed by atoms with Crippen LogP contribution in [0.2, 0.25) is 0 Å². The number of aliphatic hydroxyl groups is 1. The van der Waals surface area contributed by atoms with Crippen molar-refractivity contribution in [2.45, 2.75) is 12.5 Å². The Morgan fingerprint density at radius 1 is 1.50 bits per heavy atom. The Hall–Kier alpha value is -1.82. The third-order valence-corrected chi connectivity index (χ3v) is 2.53. The Labute approximate surface area is 91.1 Å². The van der Waals surface area contributed by atoms with Crippen LogP contribution < -0.4 is 5.56 Å². The predicted octanol–water partition coefficient (Wildman–Crippen LogP) is -0.713. The summed E-state index contributed by atoms with van der Waals surface area (Å²) in [4.78, 5) is 26.5. The van der Waals surface area contributed by atoms with E-state index in [0.29, 0.717) is 13.0 Å². The molecule has 1 atom stereocenters. The molecule has 0 unspecified atom stereocenters. The molecule has 1 aliphatic heterocycles. The Morgan fingerprint density at radius 3 is 2.81 bits per heavy atom. The van der Waals surface area contributed by atoms with Crippen LogP contribution in [0.4, 0.5) is 0 Å². The number of aromatic hydroxyl groups is 1. The lowest BCUT2D eigenvalue weighted by Crippen LogP contribution is -2.30. The number of nitrogens with zero attached hydrogens (tertiary/aromatic N) is 1. The number of aliphatic hydroxyl groups excluding tert-OH is 1.